The molecule has 0 N–H and O–H groups in total. The van der Waals surface area contributed by atoms with Crippen molar-refractivity contribution < 1.29 is 0 Å². The summed E-state index contributed by atoms with van der Waals surface area (Å²) in [5, 5.41) is 2.01. The van der Waals surface area contributed by atoms with Crippen molar-refractivity contribution in [3.63, 3.8) is 0 Å². The molecule has 0 spiro atoms. The topological polar surface area (TPSA) is 25.8 Å². The Hall–Kier alpha value is -2.17. The first-order valence-electron chi connectivity index (χ1n) is 6.94. The number of fused-ring (bicyclic) bond motifs is 1. The Balaban J connectivity index is 1.78. The molecule has 0 aliphatic carbocycles. The second-order valence-electron chi connectivity index (χ2n) is 4.76. The summed E-state index contributed by atoms with van der Waals surface area (Å²) in [6, 6.07) is 22.6. The van der Waals surface area contributed by atoms with E-state index in [1.54, 1.807) is 23.1 Å². The van der Waals surface area contributed by atoms with Gasteiger partial charge in [-0.05, 0) is 36.4 Å². The molecule has 0 unspecified atom stereocenters. The summed E-state index contributed by atoms with van der Waals surface area (Å²) in [5.41, 5.74) is 2.14. The van der Waals surface area contributed by atoms with E-state index in [-0.39, 0.29) is 0 Å². The first kappa shape index (κ1) is 13.5. The molecule has 0 saturated heterocycles. The molecule has 106 valence electrons. The summed E-state index contributed by atoms with van der Waals surface area (Å²) in [7, 11) is 0. The second-order valence-corrected chi connectivity index (χ2v) is 6.85. The third kappa shape index (κ3) is 2.63. The first-order chi connectivity index (χ1) is 10.9. The third-order valence-electron chi connectivity index (χ3n) is 3.25. The highest BCUT2D eigenvalue weighted by molar-refractivity contribution is 7.99. The summed E-state index contributed by atoms with van der Waals surface area (Å²) in [5.74, 6) is 0. The van der Waals surface area contributed by atoms with E-state index in [0.717, 1.165) is 21.1 Å². The Labute approximate surface area is 136 Å². The molecule has 0 fully saturated rings. The van der Waals surface area contributed by atoms with E-state index in [0.29, 0.717) is 0 Å². The van der Waals surface area contributed by atoms with Crippen LogP contribution < -0.4 is 0 Å². The smallest absolute Gasteiger partial charge is 0.127 e. The van der Waals surface area contributed by atoms with Crippen LogP contribution >= 0.6 is 23.1 Å². The minimum absolute atomic E-state index is 0.993. The van der Waals surface area contributed by atoms with Crippen LogP contribution in [0.15, 0.2) is 82.8 Å². The van der Waals surface area contributed by atoms with Gasteiger partial charge in [-0.1, -0.05) is 42.1 Å². The molecule has 4 aromatic rings. The van der Waals surface area contributed by atoms with Crippen molar-refractivity contribution >= 4 is 33.3 Å². The van der Waals surface area contributed by atoms with Gasteiger partial charge < -0.3 is 0 Å². The van der Waals surface area contributed by atoms with Gasteiger partial charge in [0.2, 0.25) is 0 Å². The molecule has 0 aliphatic rings. The molecule has 0 aliphatic heterocycles. The van der Waals surface area contributed by atoms with Crippen molar-refractivity contribution in [3.8, 4) is 10.6 Å². The van der Waals surface area contributed by atoms with Gasteiger partial charge in [-0.25, -0.2) is 9.97 Å². The van der Waals surface area contributed by atoms with Gasteiger partial charge in [0.1, 0.15) is 10.0 Å². The van der Waals surface area contributed by atoms with E-state index in [4.69, 9.17) is 4.98 Å². The van der Waals surface area contributed by atoms with Crippen LogP contribution in [-0.4, -0.2) is 9.97 Å². The minimum Gasteiger partial charge on any atom is -0.249 e. The molecule has 4 rings (SSSR count). The molecule has 2 aromatic carbocycles. The Morgan fingerprint density at radius 2 is 1.64 bits per heavy atom. The van der Waals surface area contributed by atoms with Crippen molar-refractivity contribution in [3.05, 3.63) is 72.9 Å². The molecule has 0 bridgehead atoms. The molecular weight excluding hydrogens is 308 g/mol. The SMILES string of the molecule is c1ccc(Sc2ncccc2-c2nc3ccccc3s2)cc1. The maximum atomic E-state index is 4.75. The molecule has 2 nitrogen and oxygen atoms in total. The number of hydrogen-bond acceptors (Lipinski definition) is 4. The lowest BCUT2D eigenvalue weighted by Crippen LogP contribution is -1.85. The molecule has 0 amide bonds. The molecule has 22 heavy (non-hydrogen) atoms. The van der Waals surface area contributed by atoms with Crippen LogP contribution in [0.2, 0.25) is 0 Å². The zero-order chi connectivity index (χ0) is 14.8. The highest BCUT2D eigenvalue weighted by Gasteiger charge is 2.12. The Morgan fingerprint density at radius 3 is 2.50 bits per heavy atom. The fourth-order valence-electron chi connectivity index (χ4n) is 2.22. The maximum Gasteiger partial charge on any atom is 0.127 e. The lowest BCUT2D eigenvalue weighted by molar-refractivity contribution is 1.13. The Morgan fingerprint density at radius 1 is 0.818 bits per heavy atom. The Kier molecular flexibility index (Phi) is 3.62. The van der Waals surface area contributed by atoms with Gasteiger partial charge in [-0.15, -0.1) is 11.3 Å². The van der Waals surface area contributed by atoms with Crippen molar-refractivity contribution in [2.45, 2.75) is 9.92 Å². The van der Waals surface area contributed by atoms with Crippen LogP contribution in [0, 0.1) is 0 Å². The summed E-state index contributed by atoms with van der Waals surface area (Å²) >= 11 is 3.39. The normalized spacial score (nSPS) is 10.9. The number of thiazole rings is 1. The predicted molar refractivity (Wildman–Crippen MR) is 93.4 cm³/mol. The number of nitrogens with zero attached hydrogens (tertiary/aromatic N) is 2. The van der Waals surface area contributed by atoms with Crippen molar-refractivity contribution in [2.75, 3.05) is 0 Å². The van der Waals surface area contributed by atoms with Crippen LogP contribution in [0.3, 0.4) is 0 Å². The van der Waals surface area contributed by atoms with E-state index >= 15 is 0 Å². The van der Waals surface area contributed by atoms with Gasteiger partial charge in [0.15, 0.2) is 0 Å². The average Bonchev–Trinajstić information content (AvgIpc) is 3.00. The van der Waals surface area contributed by atoms with E-state index in [1.165, 1.54) is 9.60 Å². The molecule has 2 heterocycles. The summed E-state index contributed by atoms with van der Waals surface area (Å²) in [4.78, 5) is 10.5. The number of rotatable bonds is 3. The first-order valence-corrected chi connectivity index (χ1v) is 8.57. The van der Waals surface area contributed by atoms with E-state index in [9.17, 15) is 0 Å². The second kappa shape index (κ2) is 5.91. The molecule has 0 saturated carbocycles. The lowest BCUT2D eigenvalue weighted by atomic mass is 10.3. The van der Waals surface area contributed by atoms with Gasteiger partial charge >= 0.3 is 0 Å². The number of benzene rings is 2. The van der Waals surface area contributed by atoms with Gasteiger partial charge in [-0.3, -0.25) is 0 Å². The number of hydrogen-bond donors (Lipinski definition) is 0. The molecule has 0 atom stereocenters. The van der Waals surface area contributed by atoms with Gasteiger partial charge in [0.25, 0.3) is 0 Å². The van der Waals surface area contributed by atoms with Crippen molar-refractivity contribution in [1.29, 1.82) is 0 Å². The fourth-order valence-corrected chi connectivity index (χ4v) is 4.18. The molecule has 0 radical (unpaired) electrons. The third-order valence-corrected chi connectivity index (χ3v) is 5.35. The van der Waals surface area contributed by atoms with Crippen LogP contribution in [0.25, 0.3) is 20.8 Å². The number of para-hydroxylation sites is 1. The number of pyridine rings is 1. The molecule has 4 heteroatoms. The van der Waals surface area contributed by atoms with Crippen LogP contribution in [0.4, 0.5) is 0 Å². The van der Waals surface area contributed by atoms with Gasteiger partial charge in [0.05, 0.1) is 10.2 Å². The summed E-state index contributed by atoms with van der Waals surface area (Å²) in [6.45, 7) is 0. The standard InChI is InChI=1S/C18H12N2S2/c1-2-7-13(8-3-1)21-17-14(9-6-12-19-17)18-20-15-10-4-5-11-16(15)22-18/h1-12H. The number of aromatic nitrogens is 2. The van der Waals surface area contributed by atoms with Gasteiger partial charge in [-0.2, -0.15) is 0 Å². The summed E-state index contributed by atoms with van der Waals surface area (Å²) in [6.07, 6.45) is 1.84. The predicted octanol–water partition coefficient (Wildman–Crippen LogP) is 5.51. The fraction of sp³-hybridized carbons (Fsp3) is 0. The van der Waals surface area contributed by atoms with Crippen LogP contribution in [0.1, 0.15) is 0 Å². The zero-order valence-corrected chi connectivity index (χ0v) is 13.3. The van der Waals surface area contributed by atoms with Crippen molar-refractivity contribution in [1.82, 2.24) is 9.97 Å². The summed E-state index contributed by atoms with van der Waals surface area (Å²) < 4.78 is 1.21. The monoisotopic (exact) mass is 320 g/mol. The van der Waals surface area contributed by atoms with Crippen LogP contribution in [-0.2, 0) is 0 Å². The molecule has 2 aromatic heterocycles. The molecular formula is C18H12N2S2. The largest absolute Gasteiger partial charge is 0.249 e. The van der Waals surface area contributed by atoms with Crippen LogP contribution in [0.5, 0.6) is 0 Å². The van der Waals surface area contributed by atoms with Crippen molar-refractivity contribution in [2.24, 2.45) is 0 Å². The van der Waals surface area contributed by atoms with E-state index in [2.05, 4.69) is 35.3 Å². The zero-order valence-electron chi connectivity index (χ0n) is 11.6. The Bertz CT molecular complexity index is 883. The van der Waals surface area contributed by atoms with Gasteiger partial charge in [0, 0.05) is 16.7 Å². The quantitative estimate of drug-likeness (QED) is 0.498. The highest BCUT2D eigenvalue weighted by atomic mass is 32.2. The lowest BCUT2D eigenvalue weighted by Gasteiger charge is -2.05. The average molecular weight is 320 g/mol. The highest BCUT2D eigenvalue weighted by Crippen LogP contribution is 2.37. The van der Waals surface area contributed by atoms with E-state index < -0.39 is 0 Å². The minimum atomic E-state index is 0.993. The maximum absolute atomic E-state index is 4.75. The van der Waals surface area contributed by atoms with E-state index in [1.807, 2.05) is 42.6 Å².